The van der Waals surface area contributed by atoms with Crippen LogP contribution in [0, 0.1) is 0 Å². The van der Waals surface area contributed by atoms with Crippen LogP contribution in [0.5, 0.6) is 0 Å². The predicted octanol–water partition coefficient (Wildman–Crippen LogP) is 2.50. The number of nitrogens with zero attached hydrogens (tertiary/aromatic N) is 1. The van der Waals surface area contributed by atoms with E-state index in [-0.39, 0.29) is 24.5 Å². The molecular formula is C18H24N2O4. The first-order valence-corrected chi connectivity index (χ1v) is 8.03. The van der Waals surface area contributed by atoms with Crippen molar-refractivity contribution in [2.24, 2.45) is 0 Å². The van der Waals surface area contributed by atoms with E-state index in [2.05, 4.69) is 10.1 Å². The van der Waals surface area contributed by atoms with Gasteiger partial charge in [-0.2, -0.15) is 0 Å². The number of benzene rings is 1. The van der Waals surface area contributed by atoms with Crippen molar-refractivity contribution in [1.82, 2.24) is 10.2 Å². The molecule has 0 spiro atoms. The molecule has 6 nitrogen and oxygen atoms in total. The number of ether oxygens (including phenoxy) is 1. The molecule has 0 aliphatic carbocycles. The van der Waals surface area contributed by atoms with Crippen LogP contribution in [0.15, 0.2) is 34.7 Å². The molecule has 1 N–H and O–H groups in total. The largest absolute Gasteiger partial charge is 0.469 e. The molecule has 0 bridgehead atoms. The topological polar surface area (TPSA) is 71.8 Å². The maximum atomic E-state index is 12.0. The van der Waals surface area contributed by atoms with Gasteiger partial charge < -0.3 is 14.5 Å². The van der Waals surface area contributed by atoms with Crippen molar-refractivity contribution in [2.45, 2.75) is 25.8 Å². The second kappa shape index (κ2) is 8.49. The average molecular weight is 332 g/mol. The Morgan fingerprint density at radius 2 is 2.08 bits per heavy atom. The Morgan fingerprint density at radius 1 is 1.33 bits per heavy atom. The number of nitrogens with one attached hydrogen (secondary N) is 1. The lowest BCUT2D eigenvalue weighted by molar-refractivity contribution is -0.140. The van der Waals surface area contributed by atoms with Crippen LogP contribution in [-0.4, -0.2) is 44.0 Å². The van der Waals surface area contributed by atoms with E-state index in [9.17, 15) is 9.59 Å². The quantitative estimate of drug-likeness (QED) is 0.594. The zero-order valence-corrected chi connectivity index (χ0v) is 14.4. The first kappa shape index (κ1) is 18.0. The minimum absolute atomic E-state index is 0.0155. The molecule has 0 aliphatic rings. The van der Waals surface area contributed by atoms with Gasteiger partial charge >= 0.3 is 5.97 Å². The van der Waals surface area contributed by atoms with Gasteiger partial charge in [0.2, 0.25) is 5.91 Å². The molecule has 2 aromatic rings. The molecule has 1 heterocycles. The Morgan fingerprint density at radius 3 is 2.79 bits per heavy atom. The van der Waals surface area contributed by atoms with Gasteiger partial charge in [-0.05, 0) is 32.5 Å². The van der Waals surface area contributed by atoms with E-state index in [0.717, 1.165) is 16.7 Å². The minimum Gasteiger partial charge on any atom is -0.469 e. The van der Waals surface area contributed by atoms with Crippen molar-refractivity contribution in [2.75, 3.05) is 27.2 Å². The average Bonchev–Trinajstić information content (AvgIpc) is 3.01. The number of hydrogen-bond donors (Lipinski definition) is 1. The zero-order valence-electron chi connectivity index (χ0n) is 14.4. The molecule has 0 saturated heterocycles. The molecule has 1 atom stereocenters. The lowest BCUT2D eigenvalue weighted by atomic mass is 10.2. The molecule has 6 heteroatoms. The minimum atomic E-state index is -0.264. The second-order valence-corrected chi connectivity index (χ2v) is 5.81. The highest BCUT2D eigenvalue weighted by Gasteiger charge is 2.18. The number of furan rings is 1. The van der Waals surface area contributed by atoms with Gasteiger partial charge in [0.05, 0.1) is 19.7 Å². The summed E-state index contributed by atoms with van der Waals surface area (Å²) in [6.07, 6.45) is 0.878. The monoisotopic (exact) mass is 332 g/mol. The van der Waals surface area contributed by atoms with E-state index < -0.39 is 0 Å². The van der Waals surface area contributed by atoms with E-state index in [0.29, 0.717) is 19.4 Å². The van der Waals surface area contributed by atoms with Crippen molar-refractivity contribution < 1.29 is 18.7 Å². The van der Waals surface area contributed by atoms with Crippen LogP contribution < -0.4 is 5.32 Å². The van der Waals surface area contributed by atoms with E-state index in [1.54, 1.807) is 0 Å². The molecule has 24 heavy (non-hydrogen) atoms. The first-order chi connectivity index (χ1) is 11.5. The smallest absolute Gasteiger partial charge is 0.305 e. The summed E-state index contributed by atoms with van der Waals surface area (Å²) in [4.78, 5) is 24.9. The van der Waals surface area contributed by atoms with E-state index in [4.69, 9.17) is 4.42 Å². The summed E-state index contributed by atoms with van der Waals surface area (Å²) < 4.78 is 10.4. The number of para-hydroxylation sites is 1. The van der Waals surface area contributed by atoms with Crippen LogP contribution in [0.4, 0.5) is 0 Å². The van der Waals surface area contributed by atoms with Crippen molar-refractivity contribution in [1.29, 1.82) is 0 Å². The summed E-state index contributed by atoms with van der Waals surface area (Å²) in [6.45, 7) is 2.72. The highest BCUT2D eigenvalue weighted by atomic mass is 16.5. The van der Waals surface area contributed by atoms with Crippen molar-refractivity contribution in [3.05, 3.63) is 36.1 Å². The lowest BCUT2D eigenvalue weighted by Crippen LogP contribution is -2.36. The molecule has 130 valence electrons. The van der Waals surface area contributed by atoms with Gasteiger partial charge in [0.1, 0.15) is 11.3 Å². The van der Waals surface area contributed by atoms with Crippen molar-refractivity contribution in [3.63, 3.8) is 0 Å². The van der Waals surface area contributed by atoms with Gasteiger partial charge in [0.15, 0.2) is 0 Å². The van der Waals surface area contributed by atoms with E-state index >= 15 is 0 Å². The number of likely N-dealkylation sites (N-methyl/N-ethyl adjacent to an activating group) is 1. The highest BCUT2D eigenvalue weighted by molar-refractivity contribution is 5.79. The Bertz CT molecular complexity index is 662. The van der Waals surface area contributed by atoms with Crippen LogP contribution in [0.25, 0.3) is 11.0 Å². The third-order valence-electron chi connectivity index (χ3n) is 4.02. The summed E-state index contributed by atoms with van der Waals surface area (Å²) in [7, 11) is 3.24. The molecule has 2 rings (SSSR count). The van der Waals surface area contributed by atoms with Gasteiger partial charge in [-0.1, -0.05) is 18.2 Å². The third-order valence-corrected chi connectivity index (χ3v) is 4.02. The summed E-state index contributed by atoms with van der Waals surface area (Å²) >= 11 is 0. The van der Waals surface area contributed by atoms with Gasteiger partial charge in [-0.25, -0.2) is 0 Å². The molecule has 1 aromatic heterocycles. The number of amides is 1. The Kier molecular flexibility index (Phi) is 6.37. The highest BCUT2D eigenvalue weighted by Crippen LogP contribution is 2.26. The SMILES string of the molecule is COC(=O)CCCNC(=O)CN(C)C(C)c1cc2ccccc2o1. The zero-order chi connectivity index (χ0) is 17.5. The molecular weight excluding hydrogens is 308 g/mol. The van der Waals surface area contributed by atoms with Gasteiger partial charge in [-0.15, -0.1) is 0 Å². The predicted molar refractivity (Wildman–Crippen MR) is 91.5 cm³/mol. The summed E-state index contributed by atoms with van der Waals surface area (Å²) in [5.41, 5.74) is 0.847. The molecule has 1 amide bonds. The van der Waals surface area contributed by atoms with Crippen molar-refractivity contribution in [3.8, 4) is 0 Å². The number of carbonyl (C=O) groups excluding carboxylic acids is 2. The summed E-state index contributed by atoms with van der Waals surface area (Å²) in [5.74, 6) is 0.488. The third kappa shape index (κ3) is 4.83. The standard InChI is InChI=1S/C18H24N2O4/c1-13(16-11-14-7-4-5-8-15(14)24-16)20(2)12-17(21)19-10-6-9-18(22)23-3/h4-5,7-8,11,13H,6,9-10,12H2,1-3H3,(H,19,21). The number of rotatable bonds is 8. The number of methoxy groups -OCH3 is 1. The van der Waals surface area contributed by atoms with Crippen LogP contribution in [0.2, 0.25) is 0 Å². The van der Waals surface area contributed by atoms with Gasteiger partial charge in [0, 0.05) is 18.4 Å². The molecule has 0 fully saturated rings. The summed E-state index contributed by atoms with van der Waals surface area (Å²) in [5, 5.41) is 3.86. The molecule has 1 unspecified atom stereocenters. The van der Waals surface area contributed by atoms with Gasteiger partial charge in [0.25, 0.3) is 0 Å². The molecule has 0 saturated carbocycles. The molecule has 0 radical (unpaired) electrons. The first-order valence-electron chi connectivity index (χ1n) is 8.03. The van der Waals surface area contributed by atoms with E-state index in [1.807, 2.05) is 49.2 Å². The Hall–Kier alpha value is -2.34. The molecule has 0 aliphatic heterocycles. The number of esters is 1. The fourth-order valence-corrected chi connectivity index (χ4v) is 2.41. The van der Waals surface area contributed by atoms with Crippen LogP contribution in [0.3, 0.4) is 0 Å². The summed E-state index contributed by atoms with van der Waals surface area (Å²) in [6, 6.07) is 9.83. The maximum absolute atomic E-state index is 12.0. The number of fused-ring (bicyclic) bond motifs is 1. The maximum Gasteiger partial charge on any atom is 0.305 e. The Balaban J connectivity index is 1.81. The van der Waals surface area contributed by atoms with Gasteiger partial charge in [-0.3, -0.25) is 14.5 Å². The fraction of sp³-hybridized carbons (Fsp3) is 0.444. The van der Waals surface area contributed by atoms with Crippen LogP contribution in [-0.2, 0) is 14.3 Å². The number of hydrogen-bond acceptors (Lipinski definition) is 5. The van der Waals surface area contributed by atoms with Crippen molar-refractivity contribution >= 4 is 22.8 Å². The van der Waals surface area contributed by atoms with Crippen LogP contribution >= 0.6 is 0 Å². The van der Waals surface area contributed by atoms with Crippen LogP contribution in [0.1, 0.15) is 31.6 Å². The fourth-order valence-electron chi connectivity index (χ4n) is 2.41. The Labute approximate surface area is 141 Å². The lowest BCUT2D eigenvalue weighted by Gasteiger charge is -2.22. The van der Waals surface area contributed by atoms with E-state index in [1.165, 1.54) is 7.11 Å². The number of carbonyl (C=O) groups is 2. The normalized spacial score (nSPS) is 12.3. The second-order valence-electron chi connectivity index (χ2n) is 5.81. The molecule has 1 aromatic carbocycles.